The van der Waals surface area contributed by atoms with Crippen molar-refractivity contribution in [2.45, 2.75) is 19.0 Å². The predicted octanol–water partition coefficient (Wildman–Crippen LogP) is 4.33. The van der Waals surface area contributed by atoms with Gasteiger partial charge in [0.25, 0.3) is 0 Å². The van der Waals surface area contributed by atoms with Crippen LogP contribution in [-0.4, -0.2) is 54.4 Å². The lowest BCUT2D eigenvalue weighted by Crippen LogP contribution is -2.23. The second-order valence-electron chi connectivity index (χ2n) is 7.26. The predicted molar refractivity (Wildman–Crippen MR) is 112 cm³/mol. The van der Waals surface area contributed by atoms with Gasteiger partial charge >= 0.3 is 0 Å². The first-order valence-corrected chi connectivity index (χ1v) is 9.97. The minimum atomic E-state index is -0.710. The molecule has 0 amide bonds. The summed E-state index contributed by atoms with van der Waals surface area (Å²) in [6.45, 7) is 2.60. The van der Waals surface area contributed by atoms with Crippen molar-refractivity contribution in [2.75, 3.05) is 38.7 Å². The van der Waals surface area contributed by atoms with Gasteiger partial charge in [0.15, 0.2) is 11.5 Å². The third-order valence-corrected chi connectivity index (χ3v) is 5.12. The van der Waals surface area contributed by atoms with Crippen LogP contribution in [0.1, 0.15) is 12.8 Å². The highest BCUT2D eigenvalue weighted by atomic mass is 19.1. The Labute approximate surface area is 173 Å². The van der Waals surface area contributed by atoms with Crippen LogP contribution < -0.4 is 14.8 Å². The number of nitrogens with one attached hydrogen (secondary N) is 1. The molecule has 1 aliphatic rings. The van der Waals surface area contributed by atoms with Crippen LogP contribution in [0.5, 0.6) is 11.5 Å². The molecule has 1 aliphatic heterocycles. The van der Waals surface area contributed by atoms with Gasteiger partial charge in [0.05, 0.1) is 19.2 Å². The summed E-state index contributed by atoms with van der Waals surface area (Å²) in [4.78, 5) is 10.8. The van der Waals surface area contributed by atoms with E-state index in [0.717, 1.165) is 24.9 Å². The molecule has 1 aromatic heterocycles. The number of likely N-dealkylation sites (tertiary alicyclic amines) is 1. The molecule has 0 saturated carbocycles. The largest absolute Gasteiger partial charge is 0.493 e. The molecular formula is C22H24F2N4O2. The topological polar surface area (TPSA) is 59.5 Å². The Kier molecular flexibility index (Phi) is 6.23. The van der Waals surface area contributed by atoms with E-state index in [1.165, 1.54) is 18.5 Å². The number of rotatable bonds is 8. The summed E-state index contributed by atoms with van der Waals surface area (Å²) in [6, 6.07) is 9.70. The van der Waals surface area contributed by atoms with Crippen LogP contribution >= 0.6 is 0 Å². The molecule has 6 nitrogen and oxygen atoms in total. The Morgan fingerprint density at radius 3 is 2.73 bits per heavy atom. The van der Waals surface area contributed by atoms with Crippen LogP contribution in [0.2, 0.25) is 0 Å². The summed E-state index contributed by atoms with van der Waals surface area (Å²) in [6.07, 6.45) is 2.16. The maximum Gasteiger partial charge on any atom is 0.162 e. The minimum Gasteiger partial charge on any atom is -0.493 e. The average Bonchev–Trinajstić information content (AvgIpc) is 3.17. The number of hydrogen-bond donors (Lipinski definition) is 1. The standard InChI is InChI=1S/C22H24F2N4O2/c1-29-20-12-19-18(11-21(20)30-10-2-8-28-9-7-16(24)13-28)22(26-14-25-19)27-17-5-3-15(23)4-6-17/h3-6,11-12,14,16H,2,7-10,13H2,1H3,(H,25,26,27)/t16-/m1/s1. The van der Waals surface area contributed by atoms with Gasteiger partial charge in [0, 0.05) is 36.8 Å². The first-order chi connectivity index (χ1) is 14.6. The number of alkyl halides is 1. The number of fused-ring (bicyclic) bond motifs is 1. The highest BCUT2D eigenvalue weighted by Crippen LogP contribution is 2.34. The van der Waals surface area contributed by atoms with E-state index >= 15 is 0 Å². The summed E-state index contributed by atoms with van der Waals surface area (Å²) in [5.41, 5.74) is 1.41. The Bertz CT molecular complexity index is 1000. The molecule has 1 saturated heterocycles. The molecule has 0 bridgehead atoms. The molecule has 4 rings (SSSR count). The maximum absolute atomic E-state index is 13.3. The maximum atomic E-state index is 13.3. The zero-order chi connectivity index (χ0) is 20.9. The molecule has 2 aromatic carbocycles. The lowest BCUT2D eigenvalue weighted by molar-refractivity contribution is 0.243. The molecule has 1 N–H and O–H groups in total. The van der Waals surface area contributed by atoms with Crippen LogP contribution in [0, 0.1) is 5.82 Å². The van der Waals surface area contributed by atoms with Crippen molar-refractivity contribution in [3.8, 4) is 11.5 Å². The molecule has 8 heteroatoms. The molecule has 2 heterocycles. The van der Waals surface area contributed by atoms with Crippen LogP contribution in [-0.2, 0) is 0 Å². The Morgan fingerprint density at radius 1 is 1.17 bits per heavy atom. The summed E-state index contributed by atoms with van der Waals surface area (Å²) in [5, 5.41) is 3.95. The highest BCUT2D eigenvalue weighted by molar-refractivity contribution is 5.93. The monoisotopic (exact) mass is 414 g/mol. The van der Waals surface area contributed by atoms with Gasteiger partial charge in [-0.05, 0) is 43.2 Å². The fraction of sp³-hybridized carbons (Fsp3) is 0.364. The molecular weight excluding hydrogens is 390 g/mol. The SMILES string of the molecule is COc1cc2ncnc(Nc3ccc(F)cc3)c2cc1OCCCN1CC[C@@H](F)C1. The number of nitrogens with zero attached hydrogens (tertiary/aromatic N) is 3. The molecule has 3 aromatic rings. The zero-order valence-corrected chi connectivity index (χ0v) is 16.8. The minimum absolute atomic E-state index is 0.301. The Hall–Kier alpha value is -3.00. The van der Waals surface area contributed by atoms with Crippen LogP contribution in [0.15, 0.2) is 42.7 Å². The lowest BCUT2D eigenvalue weighted by Gasteiger charge is -2.16. The Balaban J connectivity index is 1.49. The van der Waals surface area contributed by atoms with Gasteiger partial charge in [-0.2, -0.15) is 0 Å². The van der Waals surface area contributed by atoms with Crippen molar-refractivity contribution >= 4 is 22.4 Å². The van der Waals surface area contributed by atoms with E-state index in [9.17, 15) is 8.78 Å². The van der Waals surface area contributed by atoms with Gasteiger partial charge in [-0.1, -0.05) is 0 Å². The summed E-state index contributed by atoms with van der Waals surface area (Å²) in [5.74, 6) is 1.46. The smallest absolute Gasteiger partial charge is 0.162 e. The number of hydrogen-bond acceptors (Lipinski definition) is 6. The molecule has 30 heavy (non-hydrogen) atoms. The highest BCUT2D eigenvalue weighted by Gasteiger charge is 2.21. The lowest BCUT2D eigenvalue weighted by atomic mass is 10.2. The van der Waals surface area contributed by atoms with Crippen LogP contribution in [0.25, 0.3) is 10.9 Å². The normalized spacial score (nSPS) is 16.7. The number of aromatic nitrogens is 2. The second-order valence-corrected chi connectivity index (χ2v) is 7.26. The van der Waals surface area contributed by atoms with Gasteiger partial charge in [-0.25, -0.2) is 18.7 Å². The van der Waals surface area contributed by atoms with Gasteiger partial charge in [-0.3, -0.25) is 0 Å². The number of anilines is 2. The van der Waals surface area contributed by atoms with E-state index in [-0.39, 0.29) is 5.82 Å². The van der Waals surface area contributed by atoms with E-state index < -0.39 is 6.17 Å². The summed E-state index contributed by atoms with van der Waals surface area (Å²) >= 11 is 0. The second kappa shape index (κ2) is 9.21. The molecule has 0 unspecified atom stereocenters. The fourth-order valence-electron chi connectivity index (χ4n) is 3.56. The Morgan fingerprint density at radius 2 is 2.00 bits per heavy atom. The molecule has 0 spiro atoms. The summed E-state index contributed by atoms with van der Waals surface area (Å²) in [7, 11) is 1.58. The van der Waals surface area contributed by atoms with Gasteiger partial charge in [0.2, 0.25) is 0 Å². The van der Waals surface area contributed by atoms with E-state index in [1.807, 2.05) is 6.07 Å². The third kappa shape index (κ3) is 4.76. The van der Waals surface area contributed by atoms with Crippen molar-refractivity contribution in [2.24, 2.45) is 0 Å². The van der Waals surface area contributed by atoms with Crippen molar-refractivity contribution < 1.29 is 18.3 Å². The quantitative estimate of drug-likeness (QED) is 0.554. The molecule has 158 valence electrons. The van der Waals surface area contributed by atoms with Gasteiger partial charge in [0.1, 0.15) is 24.1 Å². The average molecular weight is 414 g/mol. The van der Waals surface area contributed by atoms with Crippen molar-refractivity contribution in [3.63, 3.8) is 0 Å². The number of methoxy groups -OCH3 is 1. The summed E-state index contributed by atoms with van der Waals surface area (Å²) < 4.78 is 37.9. The van der Waals surface area contributed by atoms with E-state index in [1.54, 1.807) is 25.3 Å². The van der Waals surface area contributed by atoms with Gasteiger partial charge < -0.3 is 19.7 Å². The van der Waals surface area contributed by atoms with Crippen molar-refractivity contribution in [1.82, 2.24) is 14.9 Å². The van der Waals surface area contributed by atoms with Crippen molar-refractivity contribution in [3.05, 3.63) is 48.5 Å². The van der Waals surface area contributed by atoms with E-state index in [0.29, 0.717) is 48.1 Å². The third-order valence-electron chi connectivity index (χ3n) is 5.12. The number of ether oxygens (including phenoxy) is 2. The first-order valence-electron chi connectivity index (χ1n) is 9.97. The van der Waals surface area contributed by atoms with Crippen LogP contribution in [0.3, 0.4) is 0 Å². The van der Waals surface area contributed by atoms with E-state index in [2.05, 4.69) is 20.2 Å². The van der Waals surface area contributed by atoms with Gasteiger partial charge in [-0.15, -0.1) is 0 Å². The van der Waals surface area contributed by atoms with E-state index in [4.69, 9.17) is 9.47 Å². The molecule has 0 radical (unpaired) electrons. The fourth-order valence-corrected chi connectivity index (χ4v) is 3.56. The number of benzene rings is 2. The molecule has 1 fully saturated rings. The molecule has 1 atom stereocenters. The van der Waals surface area contributed by atoms with Crippen molar-refractivity contribution in [1.29, 1.82) is 0 Å². The number of halogens is 2. The zero-order valence-electron chi connectivity index (χ0n) is 16.8. The van der Waals surface area contributed by atoms with Crippen LogP contribution in [0.4, 0.5) is 20.3 Å². The first kappa shape index (κ1) is 20.3. The molecule has 0 aliphatic carbocycles.